The molecule has 0 fully saturated rings. The van der Waals surface area contributed by atoms with Crippen molar-refractivity contribution >= 4 is 11.9 Å². The molecule has 0 aromatic carbocycles. The Bertz CT molecular complexity index is 434. The molecule has 1 N–H and O–H groups in total. The number of carbonyl (C=O) groups is 2. The number of esters is 1. The summed E-state index contributed by atoms with van der Waals surface area (Å²) in [7, 11) is 1.26. The number of aromatic nitrogens is 1. The van der Waals surface area contributed by atoms with Gasteiger partial charge in [-0.15, -0.1) is 0 Å². The first kappa shape index (κ1) is 14.0. The van der Waals surface area contributed by atoms with Crippen LogP contribution in [0, 0.1) is 0 Å². The molecular formula is C12H16N2O4. The van der Waals surface area contributed by atoms with Gasteiger partial charge in [-0.25, -0.2) is 4.98 Å². The van der Waals surface area contributed by atoms with Gasteiger partial charge < -0.3 is 14.7 Å². The fourth-order valence-corrected chi connectivity index (χ4v) is 1.45. The molecule has 0 atom stereocenters. The van der Waals surface area contributed by atoms with Crippen molar-refractivity contribution in [1.29, 1.82) is 0 Å². The minimum absolute atomic E-state index is 0.0603. The standard InChI is InChI=1S/C12H16N2O4/c1-3-7-14(8-10(16)18-2)12(17)11-9(15)5-4-6-13-11/h4-6,15H,3,7-8H2,1-2H3. The summed E-state index contributed by atoms with van der Waals surface area (Å²) in [6.07, 6.45) is 2.10. The molecular weight excluding hydrogens is 236 g/mol. The Morgan fingerprint density at radius 1 is 1.50 bits per heavy atom. The maximum absolute atomic E-state index is 12.1. The molecule has 0 aliphatic heterocycles. The van der Waals surface area contributed by atoms with Gasteiger partial charge >= 0.3 is 5.97 Å². The number of nitrogens with zero attached hydrogens (tertiary/aromatic N) is 2. The van der Waals surface area contributed by atoms with Crippen molar-refractivity contribution in [2.45, 2.75) is 13.3 Å². The number of rotatable bonds is 5. The van der Waals surface area contributed by atoms with Crippen LogP contribution in [0.25, 0.3) is 0 Å². The van der Waals surface area contributed by atoms with E-state index in [-0.39, 0.29) is 18.0 Å². The molecule has 0 aliphatic carbocycles. The Kier molecular flexibility index (Phi) is 5.10. The number of methoxy groups -OCH3 is 1. The first-order valence-corrected chi connectivity index (χ1v) is 5.60. The molecule has 0 unspecified atom stereocenters. The summed E-state index contributed by atoms with van der Waals surface area (Å²) < 4.78 is 4.53. The van der Waals surface area contributed by atoms with Crippen molar-refractivity contribution in [1.82, 2.24) is 9.88 Å². The number of carbonyl (C=O) groups excluding carboxylic acids is 2. The number of amides is 1. The van der Waals surface area contributed by atoms with Crippen molar-refractivity contribution in [3.8, 4) is 5.75 Å². The topological polar surface area (TPSA) is 79.7 Å². The minimum atomic E-state index is -0.507. The van der Waals surface area contributed by atoms with Gasteiger partial charge in [-0.3, -0.25) is 9.59 Å². The molecule has 1 aromatic heterocycles. The molecule has 0 bridgehead atoms. The van der Waals surface area contributed by atoms with Crippen LogP contribution in [0.5, 0.6) is 5.75 Å². The van der Waals surface area contributed by atoms with E-state index in [0.717, 1.165) is 0 Å². The Morgan fingerprint density at radius 2 is 2.22 bits per heavy atom. The van der Waals surface area contributed by atoms with E-state index >= 15 is 0 Å². The lowest BCUT2D eigenvalue weighted by Crippen LogP contribution is -2.37. The molecule has 1 amide bonds. The van der Waals surface area contributed by atoms with Crippen LogP contribution in [0.15, 0.2) is 18.3 Å². The summed E-state index contributed by atoms with van der Waals surface area (Å²) in [5.74, 6) is -1.19. The summed E-state index contributed by atoms with van der Waals surface area (Å²) in [5, 5.41) is 9.56. The van der Waals surface area contributed by atoms with Gasteiger partial charge in [0.15, 0.2) is 5.69 Å². The van der Waals surface area contributed by atoms with Crippen LogP contribution in [0.4, 0.5) is 0 Å². The van der Waals surface area contributed by atoms with Crippen LogP contribution >= 0.6 is 0 Å². The maximum atomic E-state index is 12.1. The van der Waals surface area contributed by atoms with E-state index in [2.05, 4.69) is 9.72 Å². The zero-order valence-corrected chi connectivity index (χ0v) is 10.4. The molecule has 6 heteroatoms. The van der Waals surface area contributed by atoms with E-state index in [9.17, 15) is 14.7 Å². The highest BCUT2D eigenvalue weighted by Gasteiger charge is 2.21. The highest BCUT2D eigenvalue weighted by atomic mass is 16.5. The highest BCUT2D eigenvalue weighted by Crippen LogP contribution is 2.15. The van der Waals surface area contributed by atoms with Gasteiger partial charge in [-0.2, -0.15) is 0 Å². The molecule has 1 rings (SSSR count). The van der Waals surface area contributed by atoms with E-state index in [1.54, 1.807) is 0 Å². The minimum Gasteiger partial charge on any atom is -0.505 e. The lowest BCUT2D eigenvalue weighted by atomic mass is 10.2. The fourth-order valence-electron chi connectivity index (χ4n) is 1.45. The van der Waals surface area contributed by atoms with Crippen molar-refractivity contribution in [3.63, 3.8) is 0 Å². The van der Waals surface area contributed by atoms with Crippen LogP contribution < -0.4 is 0 Å². The van der Waals surface area contributed by atoms with E-state index in [0.29, 0.717) is 13.0 Å². The second-order valence-corrected chi connectivity index (χ2v) is 3.67. The third kappa shape index (κ3) is 3.44. The van der Waals surface area contributed by atoms with Gasteiger partial charge in [0.25, 0.3) is 5.91 Å². The highest BCUT2D eigenvalue weighted by molar-refractivity contribution is 5.96. The molecule has 1 aromatic rings. The number of hydrogen-bond donors (Lipinski definition) is 1. The van der Waals surface area contributed by atoms with E-state index < -0.39 is 11.9 Å². The molecule has 1 heterocycles. The van der Waals surface area contributed by atoms with Crippen LogP contribution in [-0.2, 0) is 9.53 Å². The molecule has 18 heavy (non-hydrogen) atoms. The van der Waals surface area contributed by atoms with Crippen molar-refractivity contribution in [2.75, 3.05) is 20.2 Å². The smallest absolute Gasteiger partial charge is 0.325 e. The molecule has 0 spiro atoms. The van der Waals surface area contributed by atoms with Crippen LogP contribution in [0.2, 0.25) is 0 Å². The predicted molar refractivity (Wildman–Crippen MR) is 64.1 cm³/mol. The Morgan fingerprint density at radius 3 is 2.78 bits per heavy atom. The van der Waals surface area contributed by atoms with Gasteiger partial charge in [-0.05, 0) is 18.6 Å². The van der Waals surface area contributed by atoms with Gasteiger partial charge in [0, 0.05) is 12.7 Å². The molecule has 98 valence electrons. The lowest BCUT2D eigenvalue weighted by Gasteiger charge is -2.20. The average molecular weight is 252 g/mol. The lowest BCUT2D eigenvalue weighted by molar-refractivity contribution is -0.141. The van der Waals surface area contributed by atoms with Crippen LogP contribution in [-0.4, -0.2) is 47.1 Å². The van der Waals surface area contributed by atoms with Crippen LogP contribution in [0.1, 0.15) is 23.8 Å². The molecule has 6 nitrogen and oxygen atoms in total. The van der Waals surface area contributed by atoms with Crippen LogP contribution in [0.3, 0.4) is 0 Å². The summed E-state index contributed by atoms with van der Waals surface area (Å²) >= 11 is 0. The fraction of sp³-hybridized carbons (Fsp3) is 0.417. The number of aromatic hydroxyl groups is 1. The van der Waals surface area contributed by atoms with Crippen molar-refractivity contribution in [3.05, 3.63) is 24.0 Å². The number of pyridine rings is 1. The predicted octanol–water partition coefficient (Wildman–Crippen LogP) is 0.812. The summed E-state index contributed by atoms with van der Waals surface area (Å²) in [5.41, 5.74) is -0.0603. The number of ether oxygens (including phenoxy) is 1. The Labute approximate surface area is 105 Å². The average Bonchev–Trinajstić information content (AvgIpc) is 2.38. The van der Waals surface area contributed by atoms with Gasteiger partial charge in [0.2, 0.25) is 0 Å². The molecule has 0 aliphatic rings. The first-order chi connectivity index (χ1) is 8.60. The third-order valence-electron chi connectivity index (χ3n) is 2.32. The number of hydrogen-bond acceptors (Lipinski definition) is 5. The largest absolute Gasteiger partial charge is 0.505 e. The Balaban J connectivity index is 2.89. The normalized spacial score (nSPS) is 9.89. The summed E-state index contributed by atoms with van der Waals surface area (Å²) in [6.45, 7) is 2.12. The van der Waals surface area contributed by atoms with Gasteiger partial charge in [-0.1, -0.05) is 6.92 Å². The monoisotopic (exact) mass is 252 g/mol. The zero-order valence-electron chi connectivity index (χ0n) is 10.4. The van der Waals surface area contributed by atoms with E-state index in [1.165, 1.54) is 30.3 Å². The molecule has 0 saturated carbocycles. The molecule has 0 saturated heterocycles. The van der Waals surface area contributed by atoms with Crippen molar-refractivity contribution in [2.24, 2.45) is 0 Å². The van der Waals surface area contributed by atoms with Gasteiger partial charge in [0.05, 0.1) is 7.11 Å². The molecule has 0 radical (unpaired) electrons. The first-order valence-electron chi connectivity index (χ1n) is 5.60. The van der Waals surface area contributed by atoms with Crippen molar-refractivity contribution < 1.29 is 19.4 Å². The quantitative estimate of drug-likeness (QED) is 0.784. The second-order valence-electron chi connectivity index (χ2n) is 3.67. The Hall–Kier alpha value is -2.11. The van der Waals surface area contributed by atoms with E-state index in [4.69, 9.17) is 0 Å². The zero-order chi connectivity index (χ0) is 13.5. The maximum Gasteiger partial charge on any atom is 0.325 e. The summed E-state index contributed by atoms with van der Waals surface area (Å²) in [6, 6.07) is 2.90. The third-order valence-corrected chi connectivity index (χ3v) is 2.32. The summed E-state index contributed by atoms with van der Waals surface area (Å²) in [4.78, 5) is 28.4. The van der Waals surface area contributed by atoms with E-state index in [1.807, 2.05) is 6.92 Å². The second kappa shape index (κ2) is 6.58. The van der Waals surface area contributed by atoms with Gasteiger partial charge in [0.1, 0.15) is 12.3 Å². The SMILES string of the molecule is CCCN(CC(=O)OC)C(=O)c1ncccc1O.